The summed E-state index contributed by atoms with van der Waals surface area (Å²) in [5, 5.41) is 3.20. The van der Waals surface area contributed by atoms with Crippen LogP contribution in [0.2, 0.25) is 5.02 Å². The molecule has 0 radical (unpaired) electrons. The van der Waals surface area contributed by atoms with Gasteiger partial charge in [0.05, 0.1) is 18.6 Å². The van der Waals surface area contributed by atoms with E-state index in [9.17, 15) is 14.4 Å². The van der Waals surface area contributed by atoms with E-state index >= 15 is 0 Å². The van der Waals surface area contributed by atoms with E-state index < -0.39 is 24.4 Å². The fraction of sp³-hybridized carbons (Fsp3) is 0.211. The molecule has 0 heterocycles. The largest absolute Gasteiger partial charge is 0.492 e. The Morgan fingerprint density at radius 2 is 1.85 bits per heavy atom. The number of halogens is 1. The van der Waals surface area contributed by atoms with Gasteiger partial charge >= 0.3 is 5.97 Å². The third kappa shape index (κ3) is 6.99. The summed E-state index contributed by atoms with van der Waals surface area (Å²) in [6, 6.07) is 13.5. The second kappa shape index (κ2) is 10.2. The summed E-state index contributed by atoms with van der Waals surface area (Å²) in [5.74, 6) is -1.35. The van der Waals surface area contributed by atoms with Crippen molar-refractivity contribution in [1.29, 1.82) is 0 Å². The highest BCUT2D eigenvalue weighted by atomic mass is 35.5. The van der Waals surface area contributed by atoms with E-state index in [2.05, 4.69) is 5.32 Å². The molecule has 2 aromatic rings. The molecule has 7 nitrogen and oxygen atoms in total. The van der Waals surface area contributed by atoms with Gasteiger partial charge in [0, 0.05) is 11.6 Å². The number of nitrogens with two attached hydrogens (primary N) is 1. The van der Waals surface area contributed by atoms with Gasteiger partial charge in [-0.05, 0) is 29.8 Å². The number of ether oxygens (including phenoxy) is 2. The molecule has 0 fully saturated rings. The minimum atomic E-state index is -0.621. The maximum absolute atomic E-state index is 11.7. The Balaban J connectivity index is 1.67. The second-order valence-corrected chi connectivity index (χ2v) is 5.96. The molecule has 0 saturated carbocycles. The number of benzene rings is 2. The van der Waals surface area contributed by atoms with E-state index in [0.717, 1.165) is 5.56 Å². The van der Waals surface area contributed by atoms with Crippen molar-refractivity contribution < 1.29 is 23.9 Å². The minimum Gasteiger partial charge on any atom is -0.492 e. The average molecular weight is 391 g/mol. The van der Waals surface area contributed by atoms with Crippen molar-refractivity contribution in [1.82, 2.24) is 5.32 Å². The molecule has 3 N–H and O–H groups in total. The monoisotopic (exact) mass is 390 g/mol. The molecule has 0 bridgehead atoms. The lowest BCUT2D eigenvalue weighted by atomic mass is 10.2. The first kappa shape index (κ1) is 20.3. The van der Waals surface area contributed by atoms with Gasteiger partial charge in [0.2, 0.25) is 0 Å². The molecule has 8 heteroatoms. The van der Waals surface area contributed by atoms with E-state index in [1.54, 1.807) is 36.4 Å². The van der Waals surface area contributed by atoms with E-state index in [1.807, 2.05) is 6.07 Å². The molecule has 0 unspecified atom stereocenters. The smallest absolute Gasteiger partial charge is 0.309 e. The van der Waals surface area contributed by atoms with Gasteiger partial charge in [0.15, 0.2) is 6.61 Å². The number of esters is 1. The van der Waals surface area contributed by atoms with Crippen LogP contribution in [-0.4, -0.2) is 31.0 Å². The van der Waals surface area contributed by atoms with Gasteiger partial charge in [-0.1, -0.05) is 35.9 Å². The van der Waals surface area contributed by atoms with Crippen LogP contribution in [0.15, 0.2) is 48.5 Å². The van der Waals surface area contributed by atoms with Gasteiger partial charge < -0.3 is 20.5 Å². The second-order valence-electron chi connectivity index (χ2n) is 5.53. The van der Waals surface area contributed by atoms with Gasteiger partial charge in [-0.15, -0.1) is 0 Å². The molecule has 0 aliphatic rings. The Morgan fingerprint density at radius 3 is 2.59 bits per heavy atom. The van der Waals surface area contributed by atoms with Crippen molar-refractivity contribution in [2.75, 3.05) is 13.2 Å². The highest BCUT2D eigenvalue weighted by molar-refractivity contribution is 6.30. The molecular weight excluding hydrogens is 372 g/mol. The van der Waals surface area contributed by atoms with Gasteiger partial charge in [-0.25, -0.2) is 0 Å². The van der Waals surface area contributed by atoms with Gasteiger partial charge in [0.1, 0.15) is 5.75 Å². The lowest BCUT2D eigenvalue weighted by molar-refractivity contribution is -0.149. The van der Waals surface area contributed by atoms with Crippen molar-refractivity contribution in [2.45, 2.75) is 13.0 Å². The number of para-hydroxylation sites is 1. The SMILES string of the molecule is NC(=O)c1ccccc1OCCC(=O)OCC(=O)NCc1cccc(Cl)c1. The quantitative estimate of drug-likeness (QED) is 0.637. The van der Waals surface area contributed by atoms with Crippen molar-refractivity contribution in [3.8, 4) is 5.75 Å². The van der Waals surface area contributed by atoms with Crippen LogP contribution in [0, 0.1) is 0 Å². The Bertz CT molecular complexity index is 825. The van der Waals surface area contributed by atoms with Gasteiger partial charge in [0.25, 0.3) is 11.8 Å². The number of hydrogen-bond acceptors (Lipinski definition) is 5. The summed E-state index contributed by atoms with van der Waals surface area (Å²) in [6.45, 7) is -0.117. The molecule has 2 aromatic carbocycles. The zero-order valence-electron chi connectivity index (χ0n) is 14.4. The van der Waals surface area contributed by atoms with E-state index in [-0.39, 0.29) is 30.9 Å². The molecule has 0 spiro atoms. The van der Waals surface area contributed by atoms with Crippen LogP contribution in [0.4, 0.5) is 0 Å². The Kier molecular flexibility index (Phi) is 7.63. The number of hydrogen-bond donors (Lipinski definition) is 2. The number of carbonyl (C=O) groups is 3. The molecule has 0 atom stereocenters. The highest BCUT2D eigenvalue weighted by Crippen LogP contribution is 2.17. The highest BCUT2D eigenvalue weighted by Gasteiger charge is 2.11. The number of amides is 2. The first-order valence-corrected chi connectivity index (χ1v) is 8.52. The lowest BCUT2D eigenvalue weighted by Crippen LogP contribution is -2.28. The molecule has 2 rings (SSSR count). The Hall–Kier alpha value is -3.06. The molecule has 2 amide bonds. The standard InChI is InChI=1S/C19H19ClN2O5/c20-14-5-3-4-13(10-14)11-22-17(23)12-27-18(24)8-9-26-16-7-2-1-6-15(16)19(21)25/h1-7,10H,8-9,11-12H2,(H2,21,25)(H,22,23). The van der Waals surface area contributed by atoms with Crippen LogP contribution in [0.25, 0.3) is 0 Å². The van der Waals surface area contributed by atoms with Crippen LogP contribution in [0.5, 0.6) is 5.75 Å². The van der Waals surface area contributed by atoms with Crippen molar-refractivity contribution >= 4 is 29.4 Å². The summed E-state index contributed by atoms with van der Waals surface area (Å²) in [6.07, 6.45) is -0.0747. The number of nitrogens with one attached hydrogen (secondary N) is 1. The summed E-state index contributed by atoms with van der Waals surface area (Å²) < 4.78 is 10.3. The zero-order valence-corrected chi connectivity index (χ0v) is 15.2. The predicted molar refractivity (Wildman–Crippen MR) is 99.3 cm³/mol. The zero-order chi connectivity index (χ0) is 19.6. The van der Waals surface area contributed by atoms with Crippen molar-refractivity contribution in [2.24, 2.45) is 5.73 Å². The maximum atomic E-state index is 11.7. The fourth-order valence-corrected chi connectivity index (χ4v) is 2.37. The number of carbonyl (C=O) groups excluding carboxylic acids is 3. The van der Waals surface area contributed by atoms with Crippen LogP contribution >= 0.6 is 11.6 Å². The minimum absolute atomic E-state index is 0.00669. The van der Waals surface area contributed by atoms with E-state index in [4.69, 9.17) is 26.8 Å². The van der Waals surface area contributed by atoms with Crippen LogP contribution < -0.4 is 15.8 Å². The lowest BCUT2D eigenvalue weighted by Gasteiger charge is -2.09. The van der Waals surface area contributed by atoms with Gasteiger partial charge in [-0.2, -0.15) is 0 Å². The third-order valence-corrected chi connectivity index (χ3v) is 3.69. The topological polar surface area (TPSA) is 108 Å². The summed E-state index contributed by atoms with van der Waals surface area (Å²) >= 11 is 5.86. The Labute approximate surface area is 161 Å². The number of rotatable bonds is 9. The fourth-order valence-electron chi connectivity index (χ4n) is 2.16. The van der Waals surface area contributed by atoms with Crippen LogP contribution in [-0.2, 0) is 20.9 Å². The summed E-state index contributed by atoms with van der Waals surface area (Å²) in [4.78, 5) is 34.7. The molecule has 27 heavy (non-hydrogen) atoms. The molecule has 0 aliphatic carbocycles. The maximum Gasteiger partial charge on any atom is 0.309 e. The molecular formula is C19H19ClN2O5. The summed E-state index contributed by atoms with van der Waals surface area (Å²) in [5.41, 5.74) is 6.31. The molecule has 0 aliphatic heterocycles. The van der Waals surface area contributed by atoms with Crippen LogP contribution in [0.1, 0.15) is 22.3 Å². The average Bonchev–Trinajstić information content (AvgIpc) is 2.65. The molecule has 0 aromatic heterocycles. The third-order valence-electron chi connectivity index (χ3n) is 3.46. The van der Waals surface area contributed by atoms with E-state index in [0.29, 0.717) is 5.02 Å². The normalized spacial score (nSPS) is 10.1. The van der Waals surface area contributed by atoms with Crippen molar-refractivity contribution in [3.05, 3.63) is 64.7 Å². The number of primary amides is 1. The Morgan fingerprint density at radius 1 is 1.07 bits per heavy atom. The predicted octanol–water partition coefficient (Wildman–Crippen LogP) is 2.07. The first-order chi connectivity index (χ1) is 13.0. The first-order valence-electron chi connectivity index (χ1n) is 8.14. The molecule has 142 valence electrons. The summed E-state index contributed by atoms with van der Waals surface area (Å²) in [7, 11) is 0. The van der Waals surface area contributed by atoms with Gasteiger partial charge in [-0.3, -0.25) is 14.4 Å². The van der Waals surface area contributed by atoms with Crippen LogP contribution in [0.3, 0.4) is 0 Å². The van der Waals surface area contributed by atoms with E-state index in [1.165, 1.54) is 6.07 Å². The molecule has 0 saturated heterocycles. The van der Waals surface area contributed by atoms with Crippen molar-refractivity contribution in [3.63, 3.8) is 0 Å².